The molecule has 7 nitrogen and oxygen atoms in total. The fourth-order valence-electron chi connectivity index (χ4n) is 2.94. The van der Waals surface area contributed by atoms with Crippen LogP contribution < -0.4 is 15.4 Å². The first-order valence-electron chi connectivity index (χ1n) is 10.3. The van der Waals surface area contributed by atoms with Crippen LogP contribution in [0, 0.1) is 12.7 Å². The normalized spacial score (nSPS) is 11.0. The number of rotatable bonds is 8. The fourth-order valence-corrected chi connectivity index (χ4v) is 4.08. The van der Waals surface area contributed by atoms with E-state index >= 15 is 0 Å². The summed E-state index contributed by atoms with van der Waals surface area (Å²) in [7, 11) is -3.90. The molecule has 0 aromatic heterocycles. The SMILES string of the molecule is CCCNC(=O)c1ccc(NC(=O)c2ccc(NS(=O)(=O)c3ccc(F)c(C)c3)cc2)cc1. The Morgan fingerprint density at radius 1 is 0.848 bits per heavy atom. The molecule has 9 heteroatoms. The average Bonchev–Trinajstić information content (AvgIpc) is 2.79. The van der Waals surface area contributed by atoms with Crippen LogP contribution in [0.1, 0.15) is 39.6 Å². The number of hydrogen-bond acceptors (Lipinski definition) is 4. The molecule has 33 heavy (non-hydrogen) atoms. The second-order valence-corrected chi connectivity index (χ2v) is 9.06. The third-order valence-corrected chi connectivity index (χ3v) is 6.16. The van der Waals surface area contributed by atoms with E-state index in [0.717, 1.165) is 12.5 Å². The van der Waals surface area contributed by atoms with Gasteiger partial charge in [0.05, 0.1) is 4.90 Å². The molecule has 3 aromatic carbocycles. The van der Waals surface area contributed by atoms with E-state index in [1.54, 1.807) is 24.3 Å². The minimum Gasteiger partial charge on any atom is -0.352 e. The van der Waals surface area contributed by atoms with Gasteiger partial charge in [0.2, 0.25) is 0 Å². The first-order chi connectivity index (χ1) is 15.7. The summed E-state index contributed by atoms with van der Waals surface area (Å²) in [5, 5.41) is 5.51. The van der Waals surface area contributed by atoms with Gasteiger partial charge < -0.3 is 10.6 Å². The largest absolute Gasteiger partial charge is 0.352 e. The number of carbonyl (C=O) groups is 2. The molecule has 0 aliphatic rings. The lowest BCUT2D eigenvalue weighted by Gasteiger charge is -2.10. The minimum absolute atomic E-state index is 0.0601. The quantitative estimate of drug-likeness (QED) is 0.457. The Hall–Kier alpha value is -3.72. The zero-order valence-electron chi connectivity index (χ0n) is 18.2. The predicted molar refractivity (Wildman–Crippen MR) is 125 cm³/mol. The summed E-state index contributed by atoms with van der Waals surface area (Å²) in [5.41, 5.74) is 1.81. The molecule has 0 atom stereocenters. The molecular formula is C24H24FN3O4S. The Morgan fingerprint density at radius 3 is 2.00 bits per heavy atom. The molecule has 0 aliphatic carbocycles. The smallest absolute Gasteiger partial charge is 0.261 e. The van der Waals surface area contributed by atoms with Gasteiger partial charge >= 0.3 is 0 Å². The van der Waals surface area contributed by atoms with Crippen molar-refractivity contribution in [3.05, 3.63) is 89.2 Å². The first-order valence-corrected chi connectivity index (χ1v) is 11.8. The van der Waals surface area contributed by atoms with E-state index < -0.39 is 15.8 Å². The van der Waals surface area contributed by atoms with Crippen LogP contribution in [0.15, 0.2) is 71.6 Å². The van der Waals surface area contributed by atoms with Gasteiger partial charge in [-0.05, 0) is 85.6 Å². The van der Waals surface area contributed by atoms with Crippen molar-refractivity contribution in [3.8, 4) is 0 Å². The number of anilines is 2. The van der Waals surface area contributed by atoms with Crippen molar-refractivity contribution in [2.45, 2.75) is 25.2 Å². The highest BCUT2D eigenvalue weighted by Crippen LogP contribution is 2.19. The number of sulfonamides is 1. The van der Waals surface area contributed by atoms with E-state index in [9.17, 15) is 22.4 Å². The van der Waals surface area contributed by atoms with Crippen molar-refractivity contribution < 1.29 is 22.4 Å². The first kappa shape index (κ1) is 23.9. The van der Waals surface area contributed by atoms with Gasteiger partial charge in [-0.2, -0.15) is 0 Å². The van der Waals surface area contributed by atoms with E-state index in [1.165, 1.54) is 43.3 Å². The molecule has 3 aromatic rings. The highest BCUT2D eigenvalue weighted by molar-refractivity contribution is 7.92. The molecule has 0 heterocycles. The van der Waals surface area contributed by atoms with Crippen molar-refractivity contribution in [1.29, 1.82) is 0 Å². The Labute approximate surface area is 192 Å². The second kappa shape index (κ2) is 10.3. The van der Waals surface area contributed by atoms with Gasteiger partial charge in [-0.1, -0.05) is 6.92 Å². The Balaban J connectivity index is 1.64. The fraction of sp³-hybridized carbons (Fsp3) is 0.167. The maximum absolute atomic E-state index is 13.4. The minimum atomic E-state index is -3.90. The molecule has 0 aliphatic heterocycles. The topological polar surface area (TPSA) is 104 Å². The van der Waals surface area contributed by atoms with Gasteiger partial charge in [0.15, 0.2) is 0 Å². The molecule has 0 saturated heterocycles. The number of aryl methyl sites for hydroxylation is 1. The molecule has 172 valence electrons. The zero-order chi connectivity index (χ0) is 24.0. The lowest BCUT2D eigenvalue weighted by Crippen LogP contribution is -2.23. The summed E-state index contributed by atoms with van der Waals surface area (Å²) in [6.07, 6.45) is 0.839. The molecule has 0 fully saturated rings. The van der Waals surface area contributed by atoms with Crippen LogP contribution >= 0.6 is 0 Å². The molecular weight excluding hydrogens is 445 g/mol. The highest BCUT2D eigenvalue weighted by Gasteiger charge is 2.16. The number of benzene rings is 3. The van der Waals surface area contributed by atoms with Gasteiger partial charge in [-0.15, -0.1) is 0 Å². The molecule has 2 amide bonds. The highest BCUT2D eigenvalue weighted by atomic mass is 32.2. The average molecular weight is 470 g/mol. The van der Waals surface area contributed by atoms with Crippen molar-refractivity contribution in [3.63, 3.8) is 0 Å². The number of nitrogens with one attached hydrogen (secondary N) is 3. The number of hydrogen-bond donors (Lipinski definition) is 3. The summed E-state index contributed by atoms with van der Waals surface area (Å²) in [4.78, 5) is 24.4. The number of amides is 2. The van der Waals surface area contributed by atoms with Crippen LogP contribution in [0.5, 0.6) is 0 Å². The van der Waals surface area contributed by atoms with E-state index in [1.807, 2.05) is 6.92 Å². The zero-order valence-corrected chi connectivity index (χ0v) is 19.0. The monoisotopic (exact) mass is 469 g/mol. The van der Waals surface area contributed by atoms with Gasteiger partial charge in [0.25, 0.3) is 21.8 Å². The number of halogens is 1. The predicted octanol–water partition coefficient (Wildman–Crippen LogP) is 4.33. The van der Waals surface area contributed by atoms with Gasteiger partial charge in [-0.3, -0.25) is 14.3 Å². The van der Waals surface area contributed by atoms with Gasteiger partial charge in [0.1, 0.15) is 5.82 Å². The molecule has 0 spiro atoms. The third-order valence-electron chi connectivity index (χ3n) is 4.78. The molecule has 3 rings (SSSR count). The molecule has 0 bridgehead atoms. The van der Waals surface area contributed by atoms with Crippen molar-refractivity contribution >= 4 is 33.2 Å². The van der Waals surface area contributed by atoms with Crippen LogP contribution in [0.2, 0.25) is 0 Å². The third kappa shape index (κ3) is 6.17. The van der Waals surface area contributed by atoms with Crippen molar-refractivity contribution in [2.24, 2.45) is 0 Å². The molecule has 0 saturated carbocycles. The maximum atomic E-state index is 13.4. The summed E-state index contributed by atoms with van der Waals surface area (Å²) in [6, 6.07) is 15.9. The van der Waals surface area contributed by atoms with E-state index in [-0.39, 0.29) is 28.0 Å². The lowest BCUT2D eigenvalue weighted by molar-refractivity contribution is 0.0953. The van der Waals surface area contributed by atoms with Crippen molar-refractivity contribution in [2.75, 3.05) is 16.6 Å². The van der Waals surface area contributed by atoms with E-state index in [0.29, 0.717) is 23.4 Å². The van der Waals surface area contributed by atoms with Crippen LogP contribution in [0.3, 0.4) is 0 Å². The van der Waals surface area contributed by atoms with Crippen molar-refractivity contribution in [1.82, 2.24) is 5.32 Å². The standard InChI is InChI=1S/C24H24FN3O4S/c1-3-14-26-23(29)17-4-8-19(9-5-17)27-24(30)18-6-10-20(11-7-18)28-33(31,32)21-12-13-22(25)16(2)15-21/h4-13,15,28H,3,14H2,1-2H3,(H,26,29)(H,27,30). The second-order valence-electron chi connectivity index (χ2n) is 7.38. The summed E-state index contributed by atoms with van der Waals surface area (Å²) < 4.78 is 40.9. The molecule has 0 radical (unpaired) electrons. The summed E-state index contributed by atoms with van der Waals surface area (Å²) in [5.74, 6) is -1.05. The van der Waals surface area contributed by atoms with Gasteiger partial charge in [0, 0.05) is 29.0 Å². The van der Waals surface area contributed by atoms with Crippen LogP contribution in [-0.4, -0.2) is 26.8 Å². The van der Waals surface area contributed by atoms with Crippen LogP contribution in [0.25, 0.3) is 0 Å². The Morgan fingerprint density at radius 2 is 1.42 bits per heavy atom. The Kier molecular flexibility index (Phi) is 7.44. The molecule has 0 unspecified atom stereocenters. The van der Waals surface area contributed by atoms with Crippen LogP contribution in [0.4, 0.5) is 15.8 Å². The maximum Gasteiger partial charge on any atom is 0.261 e. The number of carbonyl (C=O) groups excluding carboxylic acids is 2. The van der Waals surface area contributed by atoms with Crippen LogP contribution in [-0.2, 0) is 10.0 Å². The lowest BCUT2D eigenvalue weighted by atomic mass is 10.1. The van der Waals surface area contributed by atoms with E-state index in [2.05, 4.69) is 15.4 Å². The summed E-state index contributed by atoms with van der Waals surface area (Å²) >= 11 is 0. The summed E-state index contributed by atoms with van der Waals surface area (Å²) in [6.45, 7) is 4.04. The molecule has 3 N–H and O–H groups in total. The van der Waals surface area contributed by atoms with Gasteiger partial charge in [-0.25, -0.2) is 12.8 Å². The van der Waals surface area contributed by atoms with E-state index in [4.69, 9.17) is 0 Å². The Bertz CT molecular complexity index is 1260.